The number of hydrogen-bond donors (Lipinski definition) is 0. The molecule has 0 bridgehead atoms. The topological polar surface area (TPSA) is 78.1 Å². The number of rotatable bonds is 10. The van der Waals surface area contributed by atoms with E-state index < -0.39 is 0 Å². The third-order valence-electron chi connectivity index (χ3n) is 3.81. The van der Waals surface area contributed by atoms with Crippen LogP contribution >= 0.6 is 0 Å². The van der Waals surface area contributed by atoms with E-state index in [1.165, 1.54) is 17.6 Å². The van der Waals surface area contributed by atoms with E-state index in [0.717, 1.165) is 12.8 Å². The van der Waals surface area contributed by atoms with Gasteiger partial charge in [0.2, 0.25) is 0 Å². The molecule has 0 aliphatic rings. The first-order valence-electron chi connectivity index (χ1n) is 8.13. The minimum atomic E-state index is -0.305. The molecule has 0 aliphatic carbocycles. The van der Waals surface area contributed by atoms with Crippen LogP contribution in [0.15, 0.2) is 15.7 Å². The highest BCUT2D eigenvalue weighted by Crippen LogP contribution is 2.01. The number of hydrogen-bond acceptors (Lipinski definition) is 4. The van der Waals surface area contributed by atoms with Gasteiger partial charge in [0, 0.05) is 37.7 Å². The molecule has 0 unspecified atom stereocenters. The van der Waals surface area contributed by atoms with E-state index in [2.05, 4.69) is 0 Å². The zero-order chi connectivity index (χ0) is 17.4. The van der Waals surface area contributed by atoms with Crippen LogP contribution in [-0.4, -0.2) is 20.7 Å². The van der Waals surface area contributed by atoms with Crippen molar-refractivity contribution in [2.75, 3.05) is 0 Å². The van der Waals surface area contributed by atoms with Gasteiger partial charge in [-0.05, 0) is 46.5 Å². The van der Waals surface area contributed by atoms with Crippen LogP contribution in [0.4, 0.5) is 0 Å². The summed E-state index contributed by atoms with van der Waals surface area (Å²) in [7, 11) is 0. The van der Waals surface area contributed by atoms with Crippen LogP contribution in [0.25, 0.3) is 0 Å². The maximum atomic E-state index is 12.5. The molecule has 1 rings (SSSR count). The van der Waals surface area contributed by atoms with Crippen molar-refractivity contribution in [2.45, 2.75) is 72.4 Å². The molecule has 0 aliphatic heterocycles. The lowest BCUT2D eigenvalue weighted by molar-refractivity contribution is -0.117. The Morgan fingerprint density at radius 3 is 1.83 bits per heavy atom. The average Bonchev–Trinajstić information content (AvgIpc) is 2.44. The van der Waals surface area contributed by atoms with Crippen LogP contribution in [0.1, 0.15) is 58.1 Å². The number of nitrogens with zero attached hydrogens (tertiary/aromatic N) is 2. The summed E-state index contributed by atoms with van der Waals surface area (Å²) in [5, 5.41) is 0. The molecule has 0 aromatic carbocycles. The molecule has 0 radical (unpaired) electrons. The van der Waals surface area contributed by atoms with Crippen molar-refractivity contribution >= 4 is 11.6 Å². The standard InChI is InChI=1S/C17H26N2O4/c1-13-12-16(22)19(11-7-5-9-15(3)21)17(23)18(13)10-6-4-8-14(2)20/h12H,4-11H2,1-3H3. The van der Waals surface area contributed by atoms with E-state index in [-0.39, 0.29) is 22.8 Å². The van der Waals surface area contributed by atoms with Crippen LogP contribution in [0.2, 0.25) is 0 Å². The highest BCUT2D eigenvalue weighted by atomic mass is 16.2. The van der Waals surface area contributed by atoms with Crippen LogP contribution in [0.3, 0.4) is 0 Å². The summed E-state index contributed by atoms with van der Waals surface area (Å²) < 4.78 is 2.82. The molecule has 0 amide bonds. The second kappa shape index (κ2) is 9.22. The highest BCUT2D eigenvalue weighted by molar-refractivity contribution is 5.75. The number of ketones is 2. The van der Waals surface area contributed by atoms with Crippen molar-refractivity contribution < 1.29 is 9.59 Å². The molecule has 23 heavy (non-hydrogen) atoms. The maximum Gasteiger partial charge on any atom is 0.331 e. The van der Waals surface area contributed by atoms with Gasteiger partial charge >= 0.3 is 5.69 Å². The van der Waals surface area contributed by atoms with Crippen molar-refractivity contribution in [2.24, 2.45) is 0 Å². The maximum absolute atomic E-state index is 12.5. The van der Waals surface area contributed by atoms with E-state index in [1.807, 2.05) is 0 Å². The molecule has 0 saturated heterocycles. The lowest BCUT2D eigenvalue weighted by Gasteiger charge is -2.13. The molecular weight excluding hydrogens is 296 g/mol. The predicted molar refractivity (Wildman–Crippen MR) is 88.8 cm³/mol. The molecule has 1 aromatic heterocycles. The highest BCUT2D eigenvalue weighted by Gasteiger charge is 2.09. The fourth-order valence-corrected chi connectivity index (χ4v) is 2.49. The van der Waals surface area contributed by atoms with Crippen molar-refractivity contribution in [1.82, 2.24) is 9.13 Å². The van der Waals surface area contributed by atoms with Gasteiger partial charge in [-0.25, -0.2) is 4.79 Å². The first-order valence-corrected chi connectivity index (χ1v) is 8.13. The summed E-state index contributed by atoms with van der Waals surface area (Å²) in [4.78, 5) is 46.3. The lowest BCUT2D eigenvalue weighted by Crippen LogP contribution is -2.40. The summed E-state index contributed by atoms with van der Waals surface area (Å²) in [5.41, 5.74) is 0.0405. The molecule has 1 aromatic rings. The molecule has 1 heterocycles. The smallest absolute Gasteiger partial charge is 0.300 e. The van der Waals surface area contributed by atoms with Gasteiger partial charge < -0.3 is 9.59 Å². The molecule has 6 nitrogen and oxygen atoms in total. The molecule has 128 valence electrons. The normalized spacial score (nSPS) is 10.7. The molecule has 0 N–H and O–H groups in total. The summed E-state index contributed by atoms with van der Waals surface area (Å²) in [6.45, 7) is 5.67. The third kappa shape index (κ3) is 6.34. The fourth-order valence-electron chi connectivity index (χ4n) is 2.49. The van der Waals surface area contributed by atoms with E-state index in [0.29, 0.717) is 44.5 Å². The molecule has 6 heteroatoms. The Morgan fingerprint density at radius 2 is 1.35 bits per heavy atom. The second-order valence-electron chi connectivity index (χ2n) is 6.03. The second-order valence-corrected chi connectivity index (χ2v) is 6.03. The minimum Gasteiger partial charge on any atom is -0.300 e. The summed E-state index contributed by atoms with van der Waals surface area (Å²) in [6, 6.07) is 1.47. The number of Topliss-reactive ketones (excluding diaryl/α,β-unsaturated/α-hetero) is 2. The van der Waals surface area contributed by atoms with Gasteiger partial charge in [0.25, 0.3) is 5.56 Å². The Bertz CT molecular complexity index is 670. The predicted octanol–water partition coefficient (Wildman–Crippen LogP) is 1.84. The van der Waals surface area contributed by atoms with Gasteiger partial charge in [-0.3, -0.25) is 13.9 Å². The van der Waals surface area contributed by atoms with Crippen LogP contribution in [-0.2, 0) is 22.7 Å². The fraction of sp³-hybridized carbons (Fsp3) is 0.647. The number of carbonyl (C=O) groups excluding carboxylic acids is 2. The average molecular weight is 322 g/mol. The quantitative estimate of drug-likeness (QED) is 0.616. The van der Waals surface area contributed by atoms with Crippen LogP contribution in [0.5, 0.6) is 0 Å². The Morgan fingerprint density at radius 1 is 0.870 bits per heavy atom. The molecular formula is C17H26N2O4. The van der Waals surface area contributed by atoms with E-state index in [4.69, 9.17) is 0 Å². The Hall–Kier alpha value is -1.98. The summed E-state index contributed by atoms with van der Waals surface area (Å²) in [5.74, 6) is 0.258. The van der Waals surface area contributed by atoms with Crippen molar-refractivity contribution in [1.29, 1.82) is 0 Å². The minimum absolute atomic E-state index is 0.115. The van der Waals surface area contributed by atoms with Gasteiger partial charge in [-0.2, -0.15) is 0 Å². The van der Waals surface area contributed by atoms with Crippen LogP contribution in [0, 0.1) is 6.92 Å². The first-order chi connectivity index (χ1) is 10.8. The molecule has 0 fully saturated rings. The third-order valence-corrected chi connectivity index (χ3v) is 3.81. The zero-order valence-electron chi connectivity index (χ0n) is 14.3. The van der Waals surface area contributed by atoms with Crippen LogP contribution < -0.4 is 11.2 Å². The largest absolute Gasteiger partial charge is 0.331 e. The van der Waals surface area contributed by atoms with E-state index >= 15 is 0 Å². The SMILES string of the molecule is CC(=O)CCCCn1c(C)cc(=O)n(CCCCC(C)=O)c1=O. The van der Waals surface area contributed by atoms with Gasteiger partial charge in [-0.15, -0.1) is 0 Å². The number of carbonyl (C=O) groups is 2. The number of unbranched alkanes of at least 4 members (excludes halogenated alkanes) is 2. The summed E-state index contributed by atoms with van der Waals surface area (Å²) in [6.07, 6.45) is 3.75. The lowest BCUT2D eigenvalue weighted by atomic mass is 10.2. The van der Waals surface area contributed by atoms with E-state index in [9.17, 15) is 19.2 Å². The van der Waals surface area contributed by atoms with Gasteiger partial charge in [0.05, 0.1) is 0 Å². The Balaban J connectivity index is 2.77. The first kappa shape index (κ1) is 19.1. The van der Waals surface area contributed by atoms with Gasteiger partial charge in [0.1, 0.15) is 11.6 Å². The monoisotopic (exact) mass is 322 g/mol. The zero-order valence-corrected chi connectivity index (χ0v) is 14.3. The van der Waals surface area contributed by atoms with Gasteiger partial charge in [-0.1, -0.05) is 0 Å². The number of aryl methyl sites for hydroxylation is 1. The Kier molecular flexibility index (Phi) is 7.65. The van der Waals surface area contributed by atoms with Crippen molar-refractivity contribution in [3.8, 4) is 0 Å². The molecule has 0 spiro atoms. The Labute approximate surface area is 136 Å². The van der Waals surface area contributed by atoms with Crippen molar-refractivity contribution in [3.05, 3.63) is 32.6 Å². The molecule has 0 atom stereocenters. The van der Waals surface area contributed by atoms with Crippen molar-refractivity contribution in [3.63, 3.8) is 0 Å². The van der Waals surface area contributed by atoms with Gasteiger partial charge in [0.15, 0.2) is 0 Å². The van der Waals surface area contributed by atoms with E-state index in [1.54, 1.807) is 18.4 Å². The molecule has 0 saturated carbocycles. The number of aromatic nitrogens is 2. The summed E-state index contributed by atoms with van der Waals surface area (Å²) >= 11 is 0.